The molecule has 2 rings (SSSR count). The van der Waals surface area contributed by atoms with Gasteiger partial charge in [0.25, 0.3) is 0 Å². The van der Waals surface area contributed by atoms with Crippen LogP contribution in [0.1, 0.15) is 30.4 Å². The number of rotatable bonds is 4. The third-order valence-electron chi connectivity index (χ3n) is 3.96. The number of aryl methyl sites for hydroxylation is 2. The van der Waals surface area contributed by atoms with E-state index in [1.807, 2.05) is 0 Å². The minimum Gasteiger partial charge on any atom is -0.371 e. The van der Waals surface area contributed by atoms with E-state index in [2.05, 4.69) is 41.8 Å². The van der Waals surface area contributed by atoms with Crippen molar-refractivity contribution in [1.82, 2.24) is 0 Å². The molecule has 100 valence electrons. The van der Waals surface area contributed by atoms with Gasteiger partial charge in [0.05, 0.1) is 6.61 Å². The van der Waals surface area contributed by atoms with E-state index in [9.17, 15) is 0 Å². The predicted octanol–water partition coefficient (Wildman–Crippen LogP) is 2.80. The highest BCUT2D eigenvalue weighted by molar-refractivity contribution is 5.55. The van der Waals surface area contributed by atoms with Gasteiger partial charge in [-0.3, -0.25) is 0 Å². The fraction of sp³-hybridized carbons (Fsp3) is 0.600. The maximum absolute atomic E-state index is 5.09. The highest BCUT2D eigenvalue weighted by Crippen LogP contribution is 2.28. The molecule has 0 saturated carbocycles. The van der Waals surface area contributed by atoms with E-state index < -0.39 is 0 Å². The molecule has 0 spiro atoms. The number of nitrogens with two attached hydrogens (primary N) is 1. The van der Waals surface area contributed by atoms with Crippen molar-refractivity contribution in [2.45, 2.75) is 33.1 Å². The number of benzene rings is 1. The van der Waals surface area contributed by atoms with Crippen molar-refractivity contribution in [2.24, 2.45) is 11.8 Å². The number of anilines is 1. The zero-order chi connectivity index (χ0) is 13.0. The molecular weight excluding hydrogens is 224 g/mol. The van der Waals surface area contributed by atoms with Gasteiger partial charge in [0.1, 0.15) is 0 Å². The Bertz CT molecular complexity index is 384. The lowest BCUT2D eigenvalue weighted by atomic mass is 9.93. The maximum Gasteiger partial charge on any atom is 0.0681 e. The topological polar surface area (TPSA) is 38.5 Å². The lowest BCUT2D eigenvalue weighted by Gasteiger charge is -2.34. The first-order valence-corrected chi connectivity index (χ1v) is 6.84. The molecule has 1 aromatic carbocycles. The van der Waals surface area contributed by atoms with Crippen LogP contribution in [-0.2, 0) is 4.84 Å². The van der Waals surface area contributed by atoms with Crippen LogP contribution in [0.5, 0.6) is 0 Å². The van der Waals surface area contributed by atoms with Gasteiger partial charge in [-0.2, -0.15) is 0 Å². The molecular formula is C15H24N2O. The van der Waals surface area contributed by atoms with Crippen LogP contribution < -0.4 is 10.8 Å². The molecule has 3 heteroatoms. The van der Waals surface area contributed by atoms with Gasteiger partial charge in [0.15, 0.2) is 0 Å². The van der Waals surface area contributed by atoms with E-state index in [-0.39, 0.29) is 0 Å². The van der Waals surface area contributed by atoms with Crippen LogP contribution in [0.3, 0.4) is 0 Å². The Morgan fingerprint density at radius 2 is 2.00 bits per heavy atom. The lowest BCUT2D eigenvalue weighted by molar-refractivity contribution is 0.118. The van der Waals surface area contributed by atoms with Gasteiger partial charge in [-0.1, -0.05) is 12.1 Å². The van der Waals surface area contributed by atoms with Crippen LogP contribution in [0.2, 0.25) is 0 Å². The van der Waals surface area contributed by atoms with Crippen molar-refractivity contribution in [2.75, 3.05) is 24.6 Å². The van der Waals surface area contributed by atoms with Crippen molar-refractivity contribution in [3.63, 3.8) is 0 Å². The van der Waals surface area contributed by atoms with E-state index >= 15 is 0 Å². The molecule has 18 heavy (non-hydrogen) atoms. The quantitative estimate of drug-likeness (QED) is 0.833. The molecule has 0 amide bonds. The van der Waals surface area contributed by atoms with Crippen LogP contribution in [-0.4, -0.2) is 19.7 Å². The Hall–Kier alpha value is -1.06. The smallest absolute Gasteiger partial charge is 0.0681 e. The van der Waals surface area contributed by atoms with E-state index in [0.717, 1.165) is 25.4 Å². The van der Waals surface area contributed by atoms with Gasteiger partial charge in [-0.05, 0) is 56.2 Å². The molecule has 1 fully saturated rings. The second-order valence-electron chi connectivity index (χ2n) is 5.38. The summed E-state index contributed by atoms with van der Waals surface area (Å²) < 4.78 is 0. The average Bonchev–Trinajstić information content (AvgIpc) is 2.40. The van der Waals surface area contributed by atoms with Gasteiger partial charge in [-0.25, -0.2) is 5.90 Å². The number of hydrogen-bond acceptors (Lipinski definition) is 3. The molecule has 1 heterocycles. The minimum atomic E-state index is 0.689. The highest BCUT2D eigenvalue weighted by atomic mass is 16.6. The normalized spacial score (nSPS) is 17.2. The molecule has 0 atom stereocenters. The van der Waals surface area contributed by atoms with Crippen LogP contribution >= 0.6 is 0 Å². The maximum atomic E-state index is 5.09. The van der Waals surface area contributed by atoms with Crippen molar-refractivity contribution in [3.8, 4) is 0 Å². The van der Waals surface area contributed by atoms with Crippen LogP contribution in [0.25, 0.3) is 0 Å². The van der Waals surface area contributed by atoms with E-state index in [1.54, 1.807) is 0 Å². The molecule has 0 radical (unpaired) electrons. The van der Waals surface area contributed by atoms with Gasteiger partial charge in [0.2, 0.25) is 0 Å². The largest absolute Gasteiger partial charge is 0.371 e. The van der Waals surface area contributed by atoms with Crippen molar-refractivity contribution < 1.29 is 4.84 Å². The van der Waals surface area contributed by atoms with Crippen molar-refractivity contribution in [1.29, 1.82) is 0 Å². The number of hydrogen-bond donors (Lipinski definition) is 1. The second-order valence-corrected chi connectivity index (χ2v) is 5.38. The monoisotopic (exact) mass is 248 g/mol. The van der Waals surface area contributed by atoms with Gasteiger partial charge in [-0.15, -0.1) is 0 Å². The lowest BCUT2D eigenvalue weighted by Crippen LogP contribution is -2.34. The zero-order valence-corrected chi connectivity index (χ0v) is 11.5. The molecule has 2 N–H and O–H groups in total. The Kier molecular flexibility index (Phi) is 4.61. The first-order valence-electron chi connectivity index (χ1n) is 6.84. The van der Waals surface area contributed by atoms with Crippen molar-refractivity contribution >= 4 is 5.69 Å². The summed E-state index contributed by atoms with van der Waals surface area (Å²) in [6.07, 6.45) is 3.59. The summed E-state index contributed by atoms with van der Waals surface area (Å²) >= 11 is 0. The van der Waals surface area contributed by atoms with Gasteiger partial charge < -0.3 is 9.74 Å². The molecule has 1 aliphatic heterocycles. The predicted molar refractivity (Wildman–Crippen MR) is 75.6 cm³/mol. The second kappa shape index (κ2) is 6.21. The summed E-state index contributed by atoms with van der Waals surface area (Å²) in [5, 5.41) is 0. The zero-order valence-electron chi connectivity index (χ0n) is 11.5. The molecule has 0 unspecified atom stereocenters. The standard InChI is InChI=1S/C15H24N2O/c1-12-3-4-13(2)15(11-12)17-8-5-14(6-9-17)7-10-18-16/h3-4,11,14H,5-10,16H2,1-2H3. The Balaban J connectivity index is 1.94. The summed E-state index contributed by atoms with van der Waals surface area (Å²) in [5.74, 6) is 5.86. The minimum absolute atomic E-state index is 0.689. The Morgan fingerprint density at radius 3 is 2.67 bits per heavy atom. The molecule has 1 aromatic rings. The third-order valence-corrected chi connectivity index (χ3v) is 3.96. The Morgan fingerprint density at radius 1 is 1.28 bits per heavy atom. The van der Waals surface area contributed by atoms with Gasteiger partial charge >= 0.3 is 0 Å². The summed E-state index contributed by atoms with van der Waals surface area (Å²) in [7, 11) is 0. The first kappa shape index (κ1) is 13.4. The van der Waals surface area contributed by atoms with Crippen molar-refractivity contribution in [3.05, 3.63) is 29.3 Å². The van der Waals surface area contributed by atoms with E-state index in [1.165, 1.54) is 29.7 Å². The van der Waals surface area contributed by atoms with Crippen LogP contribution in [0.4, 0.5) is 5.69 Å². The van der Waals surface area contributed by atoms with Crippen LogP contribution in [0, 0.1) is 19.8 Å². The van der Waals surface area contributed by atoms with E-state index in [4.69, 9.17) is 5.90 Å². The van der Waals surface area contributed by atoms with Gasteiger partial charge in [0, 0.05) is 18.8 Å². The molecule has 0 bridgehead atoms. The van der Waals surface area contributed by atoms with E-state index in [0.29, 0.717) is 6.61 Å². The number of nitrogens with zero attached hydrogens (tertiary/aromatic N) is 1. The third kappa shape index (κ3) is 3.24. The fourth-order valence-corrected chi connectivity index (χ4v) is 2.76. The molecule has 1 saturated heterocycles. The summed E-state index contributed by atoms with van der Waals surface area (Å²) in [5.41, 5.74) is 4.13. The average molecular weight is 248 g/mol. The molecule has 3 nitrogen and oxygen atoms in total. The SMILES string of the molecule is Cc1ccc(C)c(N2CCC(CCON)CC2)c1. The fourth-order valence-electron chi connectivity index (χ4n) is 2.76. The number of piperidine rings is 1. The summed E-state index contributed by atoms with van der Waals surface area (Å²) in [4.78, 5) is 7.19. The first-order chi connectivity index (χ1) is 8.70. The molecule has 0 aromatic heterocycles. The molecule has 1 aliphatic rings. The molecule has 0 aliphatic carbocycles. The highest BCUT2D eigenvalue weighted by Gasteiger charge is 2.20. The summed E-state index contributed by atoms with van der Waals surface area (Å²) in [6.45, 7) is 7.35. The summed E-state index contributed by atoms with van der Waals surface area (Å²) in [6, 6.07) is 6.71. The van der Waals surface area contributed by atoms with Crippen LogP contribution in [0.15, 0.2) is 18.2 Å². The Labute approximate surface area is 110 Å².